The Balaban J connectivity index is 1.67. The highest BCUT2D eigenvalue weighted by Gasteiger charge is 2.17. The minimum atomic E-state index is -0.722. The topological polar surface area (TPSA) is 92.8 Å². The largest absolute Gasteiger partial charge is 0.418 e. The lowest BCUT2D eigenvalue weighted by Crippen LogP contribution is -2.20. The number of aromatic nitrogens is 3. The summed E-state index contributed by atoms with van der Waals surface area (Å²) in [5.74, 6) is 1.06. The van der Waals surface area contributed by atoms with E-state index in [1.54, 1.807) is 30.3 Å². The van der Waals surface area contributed by atoms with Crippen LogP contribution in [0.25, 0.3) is 16.7 Å². The molecule has 1 N–H and O–H groups in total. The summed E-state index contributed by atoms with van der Waals surface area (Å²) < 4.78 is 6.63. The van der Waals surface area contributed by atoms with Gasteiger partial charge in [-0.05, 0) is 30.3 Å². The second-order valence-electron chi connectivity index (χ2n) is 5.62. The van der Waals surface area contributed by atoms with Crippen molar-refractivity contribution in [3.8, 4) is 17.6 Å². The molecule has 2 aromatic carbocycles. The van der Waals surface area contributed by atoms with Crippen LogP contribution < -0.4 is 10.1 Å². The number of hydrogen-bond acceptors (Lipinski definition) is 5. The fourth-order valence-electron chi connectivity index (χ4n) is 2.62. The van der Waals surface area contributed by atoms with E-state index in [2.05, 4.69) is 15.4 Å². The van der Waals surface area contributed by atoms with Crippen LogP contribution in [0.4, 0.5) is 10.6 Å². The van der Waals surface area contributed by atoms with Gasteiger partial charge < -0.3 is 4.74 Å². The van der Waals surface area contributed by atoms with Crippen LogP contribution >= 0.6 is 0 Å². The number of fused-ring (bicyclic) bond motifs is 1. The van der Waals surface area contributed by atoms with Crippen molar-refractivity contribution < 1.29 is 9.53 Å². The van der Waals surface area contributed by atoms with E-state index in [9.17, 15) is 10.1 Å². The van der Waals surface area contributed by atoms with Crippen LogP contribution in [0.1, 0.15) is 5.56 Å². The van der Waals surface area contributed by atoms with Crippen LogP contribution in [0.5, 0.6) is 5.75 Å². The van der Waals surface area contributed by atoms with Gasteiger partial charge >= 0.3 is 6.09 Å². The lowest BCUT2D eigenvalue weighted by Gasteiger charge is -2.10. The Bertz CT molecular complexity index is 1160. The number of nitriles is 1. The summed E-state index contributed by atoms with van der Waals surface area (Å²) in [6, 6.07) is 22.0. The van der Waals surface area contributed by atoms with Gasteiger partial charge in [-0.1, -0.05) is 36.4 Å². The number of hydrogen-bond donors (Lipinski definition) is 1. The summed E-state index contributed by atoms with van der Waals surface area (Å²) in [6.45, 7) is 0. The molecule has 130 valence electrons. The van der Waals surface area contributed by atoms with E-state index in [1.807, 2.05) is 42.5 Å². The second kappa shape index (κ2) is 6.98. The minimum Gasteiger partial charge on any atom is -0.410 e. The molecule has 0 saturated heterocycles. The first-order chi connectivity index (χ1) is 13.2. The number of para-hydroxylation sites is 2. The highest BCUT2D eigenvalue weighted by atomic mass is 16.6. The van der Waals surface area contributed by atoms with Gasteiger partial charge in [0.2, 0.25) is 0 Å². The molecular formula is C20H13N5O2. The number of carbonyl (C=O) groups is 1. The zero-order valence-electron chi connectivity index (χ0n) is 14.0. The van der Waals surface area contributed by atoms with Crippen LogP contribution in [0, 0.1) is 11.3 Å². The number of pyridine rings is 1. The van der Waals surface area contributed by atoms with Crippen molar-refractivity contribution in [1.82, 2.24) is 14.8 Å². The number of carbonyl (C=O) groups excluding carboxylic acids is 1. The number of benzene rings is 2. The SMILES string of the molecule is N#Cc1cnn(-c2ccc3ccccc3n2)c1NC(=O)Oc1ccccc1. The molecule has 0 aliphatic heterocycles. The van der Waals surface area contributed by atoms with Crippen molar-refractivity contribution >= 4 is 22.8 Å². The average molecular weight is 355 g/mol. The Morgan fingerprint density at radius 3 is 2.63 bits per heavy atom. The van der Waals surface area contributed by atoms with Gasteiger partial charge in [-0.2, -0.15) is 15.0 Å². The Kier molecular flexibility index (Phi) is 4.21. The molecule has 1 amide bonds. The lowest BCUT2D eigenvalue weighted by atomic mass is 10.2. The van der Waals surface area contributed by atoms with E-state index >= 15 is 0 Å². The van der Waals surface area contributed by atoms with Gasteiger partial charge in [0.15, 0.2) is 11.6 Å². The fraction of sp³-hybridized carbons (Fsp3) is 0. The van der Waals surface area contributed by atoms with E-state index in [4.69, 9.17) is 4.74 Å². The third-order valence-electron chi connectivity index (χ3n) is 3.86. The number of nitrogens with zero attached hydrogens (tertiary/aromatic N) is 4. The van der Waals surface area contributed by atoms with Gasteiger partial charge in [-0.15, -0.1) is 0 Å². The first kappa shape index (κ1) is 16.3. The Morgan fingerprint density at radius 1 is 1.04 bits per heavy atom. The normalized spacial score (nSPS) is 10.3. The van der Waals surface area contributed by atoms with Crippen molar-refractivity contribution in [2.45, 2.75) is 0 Å². The zero-order valence-corrected chi connectivity index (χ0v) is 14.0. The maximum absolute atomic E-state index is 12.2. The van der Waals surface area contributed by atoms with E-state index in [0.29, 0.717) is 11.6 Å². The third kappa shape index (κ3) is 3.32. The molecule has 0 radical (unpaired) electrons. The predicted molar refractivity (Wildman–Crippen MR) is 99.7 cm³/mol. The summed E-state index contributed by atoms with van der Waals surface area (Å²) in [4.78, 5) is 16.8. The number of rotatable bonds is 3. The molecule has 0 aliphatic carbocycles. The van der Waals surface area contributed by atoms with Gasteiger partial charge in [0.1, 0.15) is 17.4 Å². The molecule has 0 atom stereocenters. The molecule has 0 aliphatic rings. The van der Waals surface area contributed by atoms with Gasteiger partial charge in [0.25, 0.3) is 0 Å². The smallest absolute Gasteiger partial charge is 0.410 e. The van der Waals surface area contributed by atoms with E-state index in [0.717, 1.165) is 10.9 Å². The maximum atomic E-state index is 12.2. The number of nitrogens with one attached hydrogen (secondary N) is 1. The molecule has 7 nitrogen and oxygen atoms in total. The molecule has 27 heavy (non-hydrogen) atoms. The molecule has 7 heteroatoms. The van der Waals surface area contributed by atoms with E-state index in [1.165, 1.54) is 10.9 Å². The molecular weight excluding hydrogens is 342 g/mol. The predicted octanol–water partition coefficient (Wildman–Crippen LogP) is 3.90. The summed E-state index contributed by atoms with van der Waals surface area (Å²) in [5.41, 5.74) is 0.983. The van der Waals surface area contributed by atoms with Crippen molar-refractivity contribution in [3.63, 3.8) is 0 Å². The number of ether oxygens (including phenoxy) is 1. The Labute approximate surface area is 154 Å². The summed E-state index contributed by atoms with van der Waals surface area (Å²) in [5, 5.41) is 17.1. The van der Waals surface area contributed by atoms with Crippen LogP contribution in [0.2, 0.25) is 0 Å². The van der Waals surface area contributed by atoms with Crippen molar-refractivity contribution in [1.29, 1.82) is 5.26 Å². The number of anilines is 1. The lowest BCUT2D eigenvalue weighted by molar-refractivity contribution is 0.215. The monoisotopic (exact) mass is 355 g/mol. The molecule has 2 heterocycles. The molecule has 0 fully saturated rings. The third-order valence-corrected chi connectivity index (χ3v) is 3.86. The van der Waals surface area contributed by atoms with Crippen molar-refractivity contribution in [2.24, 2.45) is 0 Å². The van der Waals surface area contributed by atoms with Gasteiger partial charge in [0.05, 0.1) is 11.7 Å². The molecule has 0 spiro atoms. The Hall–Kier alpha value is -4.18. The van der Waals surface area contributed by atoms with E-state index < -0.39 is 6.09 Å². The molecule has 0 unspecified atom stereocenters. The van der Waals surface area contributed by atoms with Crippen LogP contribution in [0.15, 0.2) is 72.9 Å². The van der Waals surface area contributed by atoms with Gasteiger partial charge in [-0.25, -0.2) is 9.78 Å². The average Bonchev–Trinajstić information content (AvgIpc) is 3.10. The first-order valence-corrected chi connectivity index (χ1v) is 8.13. The first-order valence-electron chi connectivity index (χ1n) is 8.13. The van der Waals surface area contributed by atoms with Crippen LogP contribution in [-0.2, 0) is 0 Å². The highest BCUT2D eigenvalue weighted by molar-refractivity contribution is 5.87. The van der Waals surface area contributed by atoms with E-state index in [-0.39, 0.29) is 11.4 Å². The van der Waals surface area contributed by atoms with Crippen molar-refractivity contribution in [3.05, 3.63) is 78.5 Å². The quantitative estimate of drug-likeness (QED) is 0.601. The summed E-state index contributed by atoms with van der Waals surface area (Å²) in [6.07, 6.45) is 0.648. The number of amides is 1. The molecule has 0 bridgehead atoms. The second-order valence-corrected chi connectivity index (χ2v) is 5.62. The fourth-order valence-corrected chi connectivity index (χ4v) is 2.62. The zero-order chi connectivity index (χ0) is 18.6. The highest BCUT2D eigenvalue weighted by Crippen LogP contribution is 2.21. The minimum absolute atomic E-state index is 0.196. The van der Waals surface area contributed by atoms with Gasteiger partial charge in [0, 0.05) is 5.39 Å². The van der Waals surface area contributed by atoms with Crippen LogP contribution in [0.3, 0.4) is 0 Å². The summed E-state index contributed by atoms with van der Waals surface area (Å²) in [7, 11) is 0. The Morgan fingerprint density at radius 2 is 1.81 bits per heavy atom. The van der Waals surface area contributed by atoms with Gasteiger partial charge in [-0.3, -0.25) is 5.32 Å². The molecule has 2 aromatic heterocycles. The molecule has 0 saturated carbocycles. The molecule has 4 aromatic rings. The molecule has 4 rings (SSSR count). The van der Waals surface area contributed by atoms with Crippen molar-refractivity contribution in [2.75, 3.05) is 5.32 Å². The maximum Gasteiger partial charge on any atom is 0.418 e. The summed E-state index contributed by atoms with van der Waals surface area (Å²) >= 11 is 0. The standard InChI is InChI=1S/C20H13N5O2/c21-12-15-13-22-25(18-11-10-14-6-4-5-9-17(14)23-18)19(15)24-20(26)27-16-7-2-1-3-8-16/h1-11,13H,(H,24,26). The van der Waals surface area contributed by atoms with Crippen LogP contribution in [-0.4, -0.2) is 20.9 Å².